The van der Waals surface area contributed by atoms with E-state index in [2.05, 4.69) is 31.1 Å². The normalized spacial score (nSPS) is 16.7. The van der Waals surface area contributed by atoms with E-state index >= 15 is 0 Å². The van der Waals surface area contributed by atoms with Crippen molar-refractivity contribution >= 4 is 5.82 Å². The molecular weight excluding hydrogens is 224 g/mol. The van der Waals surface area contributed by atoms with Crippen molar-refractivity contribution in [2.75, 3.05) is 18.5 Å². The topological polar surface area (TPSA) is 34.1 Å². The summed E-state index contributed by atoms with van der Waals surface area (Å²) in [7, 11) is 0. The highest BCUT2D eigenvalue weighted by molar-refractivity contribution is 5.49. The van der Waals surface area contributed by atoms with Gasteiger partial charge in [0.15, 0.2) is 11.6 Å². The fourth-order valence-electron chi connectivity index (χ4n) is 2.23. The average Bonchev–Trinajstić information content (AvgIpc) is 3.16. The van der Waals surface area contributed by atoms with Gasteiger partial charge < -0.3 is 10.1 Å². The number of nitrogens with zero attached hydrogens (tertiary/aromatic N) is 1. The molecule has 0 bridgehead atoms. The van der Waals surface area contributed by atoms with Gasteiger partial charge in [0.05, 0.1) is 6.61 Å². The van der Waals surface area contributed by atoms with Gasteiger partial charge in [-0.05, 0) is 42.7 Å². The smallest absolute Gasteiger partial charge is 0.168 e. The van der Waals surface area contributed by atoms with Crippen molar-refractivity contribution in [3.63, 3.8) is 0 Å². The van der Waals surface area contributed by atoms with Crippen LogP contribution in [0, 0.1) is 11.3 Å². The predicted octanol–water partition coefficient (Wildman–Crippen LogP) is 3.72. The third kappa shape index (κ3) is 2.95. The molecule has 0 radical (unpaired) electrons. The van der Waals surface area contributed by atoms with E-state index in [0.29, 0.717) is 5.41 Å². The lowest BCUT2D eigenvalue weighted by atomic mass is 9.92. The van der Waals surface area contributed by atoms with Crippen LogP contribution < -0.4 is 10.1 Å². The number of pyridine rings is 1. The molecule has 0 aromatic carbocycles. The standard InChI is InChI=1S/C15H24N2O/c1-4-10-18-13-6-5-9-16-14(13)17-11-15(7-8-15)12(2)3/h5-6,9,12H,4,7-8,10-11H2,1-3H3,(H,16,17). The number of hydrogen-bond acceptors (Lipinski definition) is 3. The number of aromatic nitrogens is 1. The number of hydrogen-bond donors (Lipinski definition) is 1. The Balaban J connectivity index is 1.96. The molecule has 0 saturated heterocycles. The number of anilines is 1. The summed E-state index contributed by atoms with van der Waals surface area (Å²) in [4.78, 5) is 4.39. The van der Waals surface area contributed by atoms with E-state index in [4.69, 9.17) is 4.74 Å². The lowest BCUT2D eigenvalue weighted by Gasteiger charge is -2.21. The Morgan fingerprint density at radius 3 is 2.83 bits per heavy atom. The van der Waals surface area contributed by atoms with Gasteiger partial charge in [0, 0.05) is 12.7 Å². The van der Waals surface area contributed by atoms with Crippen molar-refractivity contribution in [1.29, 1.82) is 0 Å². The highest BCUT2D eigenvalue weighted by Gasteiger charge is 2.45. The Labute approximate surface area is 110 Å². The maximum Gasteiger partial charge on any atom is 0.168 e. The van der Waals surface area contributed by atoms with Gasteiger partial charge in [-0.1, -0.05) is 20.8 Å². The summed E-state index contributed by atoms with van der Waals surface area (Å²) >= 11 is 0. The lowest BCUT2D eigenvalue weighted by molar-refractivity contribution is 0.317. The molecule has 2 rings (SSSR count). The van der Waals surface area contributed by atoms with Gasteiger partial charge in [0.2, 0.25) is 0 Å². The first-order chi connectivity index (χ1) is 8.68. The molecule has 1 aliphatic rings. The summed E-state index contributed by atoms with van der Waals surface area (Å²) < 4.78 is 5.71. The summed E-state index contributed by atoms with van der Waals surface area (Å²) in [6, 6.07) is 3.91. The van der Waals surface area contributed by atoms with E-state index in [0.717, 1.165) is 37.1 Å². The summed E-state index contributed by atoms with van der Waals surface area (Å²) in [6.45, 7) is 8.48. The maximum absolute atomic E-state index is 5.71. The Kier molecular flexibility index (Phi) is 4.10. The first-order valence-corrected chi connectivity index (χ1v) is 6.99. The molecule has 1 aromatic heterocycles. The van der Waals surface area contributed by atoms with E-state index in [1.807, 2.05) is 18.3 Å². The average molecular weight is 248 g/mol. The van der Waals surface area contributed by atoms with Gasteiger partial charge in [-0.3, -0.25) is 0 Å². The van der Waals surface area contributed by atoms with Crippen molar-refractivity contribution in [3.8, 4) is 5.75 Å². The lowest BCUT2D eigenvalue weighted by Crippen LogP contribution is -2.21. The van der Waals surface area contributed by atoms with Crippen molar-refractivity contribution < 1.29 is 4.74 Å². The molecule has 0 aliphatic heterocycles. The molecule has 100 valence electrons. The Morgan fingerprint density at radius 1 is 1.44 bits per heavy atom. The molecule has 1 N–H and O–H groups in total. The van der Waals surface area contributed by atoms with Crippen LogP contribution in [-0.4, -0.2) is 18.1 Å². The minimum Gasteiger partial charge on any atom is -0.490 e. The van der Waals surface area contributed by atoms with Crippen molar-refractivity contribution in [3.05, 3.63) is 18.3 Å². The van der Waals surface area contributed by atoms with Gasteiger partial charge in [0.1, 0.15) is 0 Å². The Morgan fingerprint density at radius 2 is 2.22 bits per heavy atom. The zero-order chi connectivity index (χ0) is 13.0. The van der Waals surface area contributed by atoms with Crippen LogP contribution in [0.1, 0.15) is 40.0 Å². The molecule has 1 fully saturated rings. The highest BCUT2D eigenvalue weighted by Crippen LogP contribution is 2.51. The molecule has 1 heterocycles. The molecule has 0 unspecified atom stereocenters. The zero-order valence-corrected chi connectivity index (χ0v) is 11.7. The monoisotopic (exact) mass is 248 g/mol. The summed E-state index contributed by atoms with van der Waals surface area (Å²) in [5, 5.41) is 3.47. The van der Waals surface area contributed by atoms with E-state index in [1.54, 1.807) is 0 Å². The van der Waals surface area contributed by atoms with Gasteiger partial charge in [-0.25, -0.2) is 4.98 Å². The summed E-state index contributed by atoms with van der Waals surface area (Å²) in [5.41, 5.74) is 0.486. The van der Waals surface area contributed by atoms with Crippen molar-refractivity contribution in [2.24, 2.45) is 11.3 Å². The molecule has 0 amide bonds. The number of ether oxygens (including phenoxy) is 1. The van der Waals surface area contributed by atoms with Crippen LogP contribution in [0.15, 0.2) is 18.3 Å². The zero-order valence-electron chi connectivity index (χ0n) is 11.7. The van der Waals surface area contributed by atoms with Gasteiger partial charge >= 0.3 is 0 Å². The fraction of sp³-hybridized carbons (Fsp3) is 0.667. The maximum atomic E-state index is 5.71. The molecule has 18 heavy (non-hydrogen) atoms. The van der Waals surface area contributed by atoms with E-state index in [9.17, 15) is 0 Å². The molecule has 1 saturated carbocycles. The van der Waals surface area contributed by atoms with Gasteiger partial charge in [-0.2, -0.15) is 0 Å². The second kappa shape index (κ2) is 5.59. The van der Waals surface area contributed by atoms with Crippen LogP contribution in [-0.2, 0) is 0 Å². The molecule has 0 spiro atoms. The number of nitrogens with one attached hydrogen (secondary N) is 1. The van der Waals surface area contributed by atoms with Crippen LogP contribution in [0.2, 0.25) is 0 Å². The highest BCUT2D eigenvalue weighted by atomic mass is 16.5. The fourth-order valence-corrected chi connectivity index (χ4v) is 2.23. The quantitative estimate of drug-likeness (QED) is 0.798. The second-order valence-corrected chi connectivity index (χ2v) is 5.57. The third-order valence-electron chi connectivity index (χ3n) is 3.96. The third-order valence-corrected chi connectivity index (χ3v) is 3.96. The van der Waals surface area contributed by atoms with Gasteiger partial charge in [-0.15, -0.1) is 0 Å². The summed E-state index contributed by atoms with van der Waals surface area (Å²) in [6.07, 6.45) is 5.49. The number of rotatable bonds is 7. The first-order valence-electron chi connectivity index (χ1n) is 6.99. The van der Waals surface area contributed by atoms with Crippen molar-refractivity contribution in [2.45, 2.75) is 40.0 Å². The van der Waals surface area contributed by atoms with Crippen LogP contribution in [0.25, 0.3) is 0 Å². The Bertz CT molecular complexity index is 386. The van der Waals surface area contributed by atoms with E-state index < -0.39 is 0 Å². The largest absolute Gasteiger partial charge is 0.490 e. The van der Waals surface area contributed by atoms with Crippen molar-refractivity contribution in [1.82, 2.24) is 4.98 Å². The Hall–Kier alpha value is -1.25. The first kappa shape index (κ1) is 13.2. The molecule has 0 atom stereocenters. The summed E-state index contributed by atoms with van der Waals surface area (Å²) in [5.74, 6) is 2.49. The predicted molar refractivity (Wildman–Crippen MR) is 75.0 cm³/mol. The minimum absolute atomic E-state index is 0.486. The molecule has 1 aliphatic carbocycles. The van der Waals surface area contributed by atoms with E-state index in [-0.39, 0.29) is 0 Å². The molecule has 3 heteroatoms. The SMILES string of the molecule is CCCOc1cccnc1NCC1(C(C)C)CC1. The van der Waals surface area contributed by atoms with Gasteiger partial charge in [0.25, 0.3) is 0 Å². The second-order valence-electron chi connectivity index (χ2n) is 5.57. The minimum atomic E-state index is 0.486. The van der Waals surface area contributed by atoms with Crippen LogP contribution in [0.3, 0.4) is 0 Å². The van der Waals surface area contributed by atoms with Crippen LogP contribution in [0.4, 0.5) is 5.82 Å². The molecular formula is C15H24N2O. The van der Waals surface area contributed by atoms with Crippen LogP contribution >= 0.6 is 0 Å². The molecule has 1 aromatic rings. The van der Waals surface area contributed by atoms with Crippen LogP contribution in [0.5, 0.6) is 5.75 Å². The van der Waals surface area contributed by atoms with E-state index in [1.165, 1.54) is 12.8 Å². The molecule has 3 nitrogen and oxygen atoms in total.